The SMILES string of the molecule is COc1ccc(CNC(=O)c2cc3cc(C)ccc3o2)cc1OC(F)F. The van der Waals surface area contributed by atoms with E-state index in [0.717, 1.165) is 10.9 Å². The van der Waals surface area contributed by atoms with Gasteiger partial charge in [-0.15, -0.1) is 0 Å². The molecule has 1 amide bonds. The highest BCUT2D eigenvalue weighted by Gasteiger charge is 2.14. The number of ether oxygens (including phenoxy) is 2. The summed E-state index contributed by atoms with van der Waals surface area (Å²) in [7, 11) is 1.36. The van der Waals surface area contributed by atoms with Crippen LogP contribution in [0.25, 0.3) is 11.0 Å². The van der Waals surface area contributed by atoms with Gasteiger partial charge < -0.3 is 19.2 Å². The fourth-order valence-electron chi connectivity index (χ4n) is 2.56. The maximum atomic E-state index is 12.5. The Morgan fingerprint density at radius 2 is 1.96 bits per heavy atom. The molecule has 1 aromatic heterocycles. The Kier molecular flexibility index (Phi) is 5.06. The standard InChI is InChI=1S/C19H17F2NO4/c1-11-3-5-14-13(7-11)9-17(25-14)18(23)22-10-12-4-6-15(24-2)16(8-12)26-19(20)21/h3-9,19H,10H2,1-2H3,(H,22,23). The van der Waals surface area contributed by atoms with E-state index in [1.807, 2.05) is 19.1 Å². The molecule has 3 rings (SSSR count). The van der Waals surface area contributed by atoms with E-state index in [1.165, 1.54) is 19.2 Å². The van der Waals surface area contributed by atoms with E-state index in [9.17, 15) is 13.6 Å². The van der Waals surface area contributed by atoms with Crippen molar-refractivity contribution in [3.05, 3.63) is 59.4 Å². The van der Waals surface area contributed by atoms with Crippen LogP contribution in [0.1, 0.15) is 21.7 Å². The number of fused-ring (bicyclic) bond motifs is 1. The Balaban J connectivity index is 1.72. The highest BCUT2D eigenvalue weighted by Crippen LogP contribution is 2.29. The van der Waals surface area contributed by atoms with Gasteiger partial charge in [-0.2, -0.15) is 8.78 Å². The largest absolute Gasteiger partial charge is 0.493 e. The quantitative estimate of drug-likeness (QED) is 0.712. The average molecular weight is 361 g/mol. The number of nitrogens with one attached hydrogen (secondary N) is 1. The minimum absolute atomic E-state index is 0.0894. The van der Waals surface area contributed by atoms with Gasteiger partial charge >= 0.3 is 6.61 Å². The Morgan fingerprint density at radius 3 is 2.69 bits per heavy atom. The summed E-state index contributed by atoms with van der Waals surface area (Å²) in [4.78, 5) is 12.3. The lowest BCUT2D eigenvalue weighted by molar-refractivity contribution is -0.0512. The molecule has 0 spiro atoms. The van der Waals surface area contributed by atoms with E-state index in [1.54, 1.807) is 18.2 Å². The lowest BCUT2D eigenvalue weighted by Crippen LogP contribution is -2.22. The summed E-state index contributed by atoms with van der Waals surface area (Å²) >= 11 is 0. The van der Waals surface area contributed by atoms with Gasteiger partial charge in [0.25, 0.3) is 5.91 Å². The van der Waals surface area contributed by atoms with Crippen LogP contribution < -0.4 is 14.8 Å². The summed E-state index contributed by atoms with van der Waals surface area (Å²) in [6, 6.07) is 11.8. The van der Waals surface area contributed by atoms with Crippen molar-refractivity contribution in [2.75, 3.05) is 7.11 Å². The van der Waals surface area contributed by atoms with Gasteiger partial charge in [-0.3, -0.25) is 4.79 Å². The lowest BCUT2D eigenvalue weighted by Gasteiger charge is -2.11. The molecule has 0 aliphatic heterocycles. The number of amides is 1. The van der Waals surface area contributed by atoms with Crippen LogP contribution in [0.2, 0.25) is 0 Å². The van der Waals surface area contributed by atoms with E-state index in [0.29, 0.717) is 11.1 Å². The van der Waals surface area contributed by atoms with Crippen LogP contribution in [0.3, 0.4) is 0 Å². The van der Waals surface area contributed by atoms with Crippen molar-refractivity contribution < 1.29 is 27.5 Å². The molecule has 0 aliphatic carbocycles. The minimum atomic E-state index is -2.97. The molecule has 0 saturated heterocycles. The number of furan rings is 1. The smallest absolute Gasteiger partial charge is 0.387 e. The molecule has 0 atom stereocenters. The fourth-order valence-corrected chi connectivity index (χ4v) is 2.56. The van der Waals surface area contributed by atoms with E-state index in [-0.39, 0.29) is 23.8 Å². The molecule has 1 N–H and O–H groups in total. The van der Waals surface area contributed by atoms with Crippen molar-refractivity contribution in [1.82, 2.24) is 5.32 Å². The first-order valence-corrected chi connectivity index (χ1v) is 7.86. The van der Waals surface area contributed by atoms with Gasteiger partial charge in [0.05, 0.1) is 7.11 Å². The zero-order chi connectivity index (χ0) is 18.7. The van der Waals surface area contributed by atoms with Crippen molar-refractivity contribution in [3.8, 4) is 11.5 Å². The highest BCUT2D eigenvalue weighted by atomic mass is 19.3. The molecular weight excluding hydrogens is 344 g/mol. The van der Waals surface area contributed by atoms with Gasteiger partial charge in [-0.1, -0.05) is 17.7 Å². The van der Waals surface area contributed by atoms with Gasteiger partial charge in [0.2, 0.25) is 0 Å². The maximum Gasteiger partial charge on any atom is 0.387 e. The van der Waals surface area contributed by atoms with Crippen molar-refractivity contribution in [2.24, 2.45) is 0 Å². The predicted octanol–water partition coefficient (Wildman–Crippen LogP) is 4.28. The van der Waals surface area contributed by atoms with Gasteiger partial charge in [0.15, 0.2) is 17.3 Å². The molecule has 5 nitrogen and oxygen atoms in total. The second kappa shape index (κ2) is 7.43. The third kappa shape index (κ3) is 3.93. The van der Waals surface area contributed by atoms with E-state index >= 15 is 0 Å². The lowest BCUT2D eigenvalue weighted by atomic mass is 10.2. The molecule has 7 heteroatoms. The van der Waals surface area contributed by atoms with Gasteiger partial charge in [-0.05, 0) is 42.8 Å². The molecule has 0 radical (unpaired) electrons. The molecule has 0 unspecified atom stereocenters. The molecule has 0 saturated carbocycles. The number of carbonyl (C=O) groups excluding carboxylic acids is 1. The molecule has 0 fully saturated rings. The maximum absolute atomic E-state index is 12.5. The van der Waals surface area contributed by atoms with Crippen molar-refractivity contribution in [3.63, 3.8) is 0 Å². The molecular formula is C19H17F2NO4. The van der Waals surface area contributed by atoms with Gasteiger partial charge in [-0.25, -0.2) is 0 Å². The second-order valence-electron chi connectivity index (χ2n) is 5.70. The van der Waals surface area contributed by atoms with Crippen LogP contribution in [-0.2, 0) is 6.54 Å². The summed E-state index contributed by atoms with van der Waals surface area (Å²) in [5.41, 5.74) is 2.27. The van der Waals surface area contributed by atoms with Crippen LogP contribution in [0.4, 0.5) is 8.78 Å². The summed E-state index contributed by atoms with van der Waals surface area (Å²) in [5, 5.41) is 3.53. The molecule has 3 aromatic rings. The van der Waals surface area contributed by atoms with E-state index < -0.39 is 12.5 Å². The topological polar surface area (TPSA) is 60.7 Å². The monoisotopic (exact) mass is 361 g/mol. The number of carbonyl (C=O) groups is 1. The third-order valence-corrected chi connectivity index (χ3v) is 3.79. The van der Waals surface area contributed by atoms with E-state index in [4.69, 9.17) is 9.15 Å². The number of benzene rings is 2. The first-order chi connectivity index (χ1) is 12.5. The van der Waals surface area contributed by atoms with Gasteiger partial charge in [0, 0.05) is 11.9 Å². The number of alkyl halides is 2. The van der Waals surface area contributed by atoms with Gasteiger partial charge in [0.1, 0.15) is 5.58 Å². The average Bonchev–Trinajstić information content (AvgIpc) is 3.02. The minimum Gasteiger partial charge on any atom is -0.493 e. The van der Waals surface area contributed by atoms with Crippen LogP contribution >= 0.6 is 0 Å². The number of halogens is 2. The molecule has 0 bridgehead atoms. The van der Waals surface area contributed by atoms with Crippen LogP contribution in [0, 0.1) is 6.92 Å². The normalized spacial score (nSPS) is 11.0. The Labute approximate surface area is 148 Å². The number of methoxy groups -OCH3 is 1. The molecule has 1 heterocycles. The second-order valence-corrected chi connectivity index (χ2v) is 5.70. The fraction of sp³-hybridized carbons (Fsp3) is 0.211. The van der Waals surface area contributed by atoms with Crippen molar-refractivity contribution in [1.29, 1.82) is 0 Å². The first-order valence-electron chi connectivity index (χ1n) is 7.86. The summed E-state index contributed by atoms with van der Waals surface area (Å²) in [6.07, 6.45) is 0. The Morgan fingerprint density at radius 1 is 1.15 bits per heavy atom. The number of aryl methyl sites for hydroxylation is 1. The van der Waals surface area contributed by atoms with Crippen molar-refractivity contribution >= 4 is 16.9 Å². The summed E-state index contributed by atoms with van der Waals surface area (Å²) < 4.78 is 39.9. The zero-order valence-electron chi connectivity index (χ0n) is 14.2. The molecule has 0 aliphatic rings. The highest BCUT2D eigenvalue weighted by molar-refractivity contribution is 5.96. The first kappa shape index (κ1) is 17.7. The molecule has 2 aromatic carbocycles. The Bertz CT molecular complexity index is 936. The molecule has 136 valence electrons. The summed E-state index contributed by atoms with van der Waals surface area (Å²) in [6.45, 7) is -0.888. The van der Waals surface area contributed by atoms with E-state index in [2.05, 4.69) is 10.1 Å². The number of hydrogen-bond donors (Lipinski definition) is 1. The zero-order valence-corrected chi connectivity index (χ0v) is 14.2. The third-order valence-electron chi connectivity index (χ3n) is 3.79. The number of hydrogen-bond acceptors (Lipinski definition) is 4. The predicted molar refractivity (Wildman–Crippen MR) is 91.7 cm³/mol. The van der Waals surface area contributed by atoms with Crippen molar-refractivity contribution in [2.45, 2.75) is 20.1 Å². The van der Waals surface area contributed by atoms with Crippen LogP contribution in [0.15, 0.2) is 46.9 Å². The molecule has 26 heavy (non-hydrogen) atoms. The summed E-state index contributed by atoms with van der Waals surface area (Å²) in [5.74, 6) is -0.115. The van der Waals surface area contributed by atoms with Crippen LogP contribution in [0.5, 0.6) is 11.5 Å². The number of rotatable bonds is 6. The van der Waals surface area contributed by atoms with Crippen LogP contribution in [-0.4, -0.2) is 19.6 Å². The Hall–Kier alpha value is -3.09.